The number of ether oxygens (including phenoxy) is 1. The molecular formula is C13H25NO2. The lowest BCUT2D eigenvalue weighted by atomic mass is 9.95. The molecule has 0 aliphatic heterocycles. The Hall–Kier alpha value is -0.570. The molecule has 3 nitrogen and oxygen atoms in total. The van der Waals surface area contributed by atoms with Gasteiger partial charge in [0.2, 0.25) is 5.91 Å². The van der Waals surface area contributed by atoms with E-state index in [9.17, 15) is 4.79 Å². The lowest BCUT2D eigenvalue weighted by Gasteiger charge is -2.24. The molecule has 94 valence electrons. The quantitative estimate of drug-likeness (QED) is 0.783. The van der Waals surface area contributed by atoms with Gasteiger partial charge in [0.25, 0.3) is 0 Å². The van der Waals surface area contributed by atoms with E-state index in [0.29, 0.717) is 18.6 Å². The summed E-state index contributed by atoms with van der Waals surface area (Å²) in [6, 6.07) is 0.381. The molecule has 1 N–H and O–H groups in total. The van der Waals surface area contributed by atoms with E-state index in [2.05, 4.69) is 19.2 Å². The summed E-state index contributed by atoms with van der Waals surface area (Å²) in [7, 11) is 0. The highest BCUT2D eigenvalue weighted by atomic mass is 16.5. The van der Waals surface area contributed by atoms with Crippen molar-refractivity contribution in [3.8, 4) is 0 Å². The van der Waals surface area contributed by atoms with Crippen molar-refractivity contribution in [2.24, 2.45) is 5.92 Å². The summed E-state index contributed by atoms with van der Waals surface area (Å²) in [5, 5.41) is 3.08. The van der Waals surface area contributed by atoms with E-state index in [1.54, 1.807) is 0 Å². The zero-order valence-electron chi connectivity index (χ0n) is 10.8. The van der Waals surface area contributed by atoms with Crippen molar-refractivity contribution in [1.29, 1.82) is 0 Å². The van der Waals surface area contributed by atoms with Crippen molar-refractivity contribution < 1.29 is 9.53 Å². The Labute approximate surface area is 98.9 Å². The number of nitrogens with one attached hydrogen (secondary N) is 1. The van der Waals surface area contributed by atoms with E-state index in [0.717, 1.165) is 12.8 Å². The van der Waals surface area contributed by atoms with Gasteiger partial charge in [0.15, 0.2) is 0 Å². The highest BCUT2D eigenvalue weighted by molar-refractivity contribution is 5.80. The second kappa shape index (κ2) is 6.89. The topological polar surface area (TPSA) is 38.3 Å². The van der Waals surface area contributed by atoms with Gasteiger partial charge in [-0.2, -0.15) is 0 Å². The Bertz CT molecular complexity index is 210. The zero-order chi connectivity index (χ0) is 12.0. The molecule has 0 heterocycles. The number of hydrogen-bond acceptors (Lipinski definition) is 2. The van der Waals surface area contributed by atoms with Gasteiger partial charge in [-0.1, -0.05) is 33.1 Å². The van der Waals surface area contributed by atoms with Crippen LogP contribution in [0.2, 0.25) is 0 Å². The van der Waals surface area contributed by atoms with Gasteiger partial charge in [0.05, 0.1) is 0 Å². The number of carbonyl (C=O) groups excluding carboxylic acids is 1. The number of amides is 1. The summed E-state index contributed by atoms with van der Waals surface area (Å²) in [5.74, 6) is 0.525. The molecule has 0 aromatic heterocycles. The maximum atomic E-state index is 11.8. The fourth-order valence-corrected chi connectivity index (χ4v) is 1.98. The second-order valence-corrected chi connectivity index (χ2v) is 5.21. The molecule has 1 amide bonds. The monoisotopic (exact) mass is 227 g/mol. The highest BCUT2D eigenvalue weighted by Crippen LogP contribution is 2.17. The van der Waals surface area contributed by atoms with Gasteiger partial charge in [0.1, 0.15) is 6.10 Å². The standard InChI is InChI=1S/C13H25NO2/c1-10(2)9-16-11(3)13(15)14-12-7-5-4-6-8-12/h10-12H,4-9H2,1-3H3,(H,14,15)/t11-/m0/s1. The maximum Gasteiger partial charge on any atom is 0.249 e. The third-order valence-corrected chi connectivity index (χ3v) is 3.00. The van der Waals surface area contributed by atoms with Crippen molar-refractivity contribution in [1.82, 2.24) is 5.32 Å². The molecule has 3 heteroatoms. The summed E-state index contributed by atoms with van der Waals surface area (Å²) in [4.78, 5) is 11.8. The van der Waals surface area contributed by atoms with Gasteiger partial charge in [-0.3, -0.25) is 4.79 Å². The predicted octanol–water partition coefficient (Wildman–Crippen LogP) is 2.50. The minimum Gasteiger partial charge on any atom is -0.368 e. The molecule has 0 bridgehead atoms. The molecule has 0 aromatic rings. The normalized spacial score (nSPS) is 19.8. The summed E-state index contributed by atoms with van der Waals surface area (Å²) >= 11 is 0. The largest absolute Gasteiger partial charge is 0.368 e. The minimum absolute atomic E-state index is 0.0487. The van der Waals surface area contributed by atoms with Crippen LogP contribution >= 0.6 is 0 Å². The van der Waals surface area contributed by atoms with Gasteiger partial charge in [-0.25, -0.2) is 0 Å². The highest BCUT2D eigenvalue weighted by Gasteiger charge is 2.19. The molecule has 1 aliphatic carbocycles. The first kappa shape index (κ1) is 13.5. The summed E-state index contributed by atoms with van der Waals surface area (Å²) in [6.07, 6.45) is 5.74. The lowest BCUT2D eigenvalue weighted by molar-refractivity contribution is -0.133. The van der Waals surface area contributed by atoms with Gasteiger partial charge in [-0.05, 0) is 25.7 Å². The maximum absolute atomic E-state index is 11.8. The first-order valence-corrected chi connectivity index (χ1v) is 6.51. The lowest BCUT2D eigenvalue weighted by Crippen LogP contribution is -2.42. The predicted molar refractivity (Wildman–Crippen MR) is 65.3 cm³/mol. The molecule has 1 atom stereocenters. The fourth-order valence-electron chi connectivity index (χ4n) is 1.98. The van der Waals surface area contributed by atoms with Crippen LogP contribution in [-0.2, 0) is 9.53 Å². The minimum atomic E-state index is -0.315. The van der Waals surface area contributed by atoms with Crippen molar-refractivity contribution in [3.63, 3.8) is 0 Å². The van der Waals surface area contributed by atoms with Crippen LogP contribution in [-0.4, -0.2) is 24.7 Å². The smallest absolute Gasteiger partial charge is 0.249 e. The number of carbonyl (C=O) groups is 1. The van der Waals surface area contributed by atoms with E-state index in [1.807, 2.05) is 6.92 Å². The van der Waals surface area contributed by atoms with Crippen LogP contribution in [0, 0.1) is 5.92 Å². The zero-order valence-corrected chi connectivity index (χ0v) is 10.8. The molecule has 0 spiro atoms. The average molecular weight is 227 g/mol. The summed E-state index contributed by atoms with van der Waals surface area (Å²) < 4.78 is 5.49. The molecular weight excluding hydrogens is 202 g/mol. The number of hydrogen-bond donors (Lipinski definition) is 1. The van der Waals surface area contributed by atoms with Crippen molar-refractivity contribution in [2.75, 3.05) is 6.61 Å². The molecule has 1 saturated carbocycles. The van der Waals surface area contributed by atoms with Gasteiger partial charge < -0.3 is 10.1 Å². The Kier molecular flexibility index (Phi) is 5.81. The van der Waals surface area contributed by atoms with Crippen LogP contribution in [0.5, 0.6) is 0 Å². The average Bonchev–Trinajstić information content (AvgIpc) is 2.27. The van der Waals surface area contributed by atoms with Crippen LogP contribution in [0.15, 0.2) is 0 Å². The molecule has 1 aliphatic rings. The van der Waals surface area contributed by atoms with Gasteiger partial charge in [0, 0.05) is 12.6 Å². The summed E-state index contributed by atoms with van der Waals surface area (Å²) in [6.45, 7) is 6.66. The molecule has 16 heavy (non-hydrogen) atoms. The molecule has 0 unspecified atom stereocenters. The first-order valence-electron chi connectivity index (χ1n) is 6.51. The van der Waals surface area contributed by atoms with Crippen LogP contribution in [0.25, 0.3) is 0 Å². The number of rotatable bonds is 5. The molecule has 0 aromatic carbocycles. The molecule has 0 radical (unpaired) electrons. The van der Waals surface area contributed by atoms with Gasteiger partial charge >= 0.3 is 0 Å². The van der Waals surface area contributed by atoms with E-state index in [-0.39, 0.29) is 12.0 Å². The Morgan fingerprint density at radius 1 is 1.25 bits per heavy atom. The van der Waals surface area contributed by atoms with Crippen molar-refractivity contribution >= 4 is 5.91 Å². The van der Waals surface area contributed by atoms with Crippen LogP contribution in [0.1, 0.15) is 52.9 Å². The Morgan fingerprint density at radius 3 is 2.44 bits per heavy atom. The molecule has 1 fully saturated rings. The van der Waals surface area contributed by atoms with Crippen molar-refractivity contribution in [3.05, 3.63) is 0 Å². The van der Waals surface area contributed by atoms with Crippen LogP contribution < -0.4 is 5.32 Å². The van der Waals surface area contributed by atoms with Crippen molar-refractivity contribution in [2.45, 2.75) is 65.0 Å². The summed E-state index contributed by atoms with van der Waals surface area (Å²) in [5.41, 5.74) is 0. The van der Waals surface area contributed by atoms with Crippen LogP contribution in [0.3, 0.4) is 0 Å². The molecule has 1 rings (SSSR count). The Morgan fingerprint density at radius 2 is 1.88 bits per heavy atom. The first-order chi connectivity index (χ1) is 7.59. The van der Waals surface area contributed by atoms with E-state index >= 15 is 0 Å². The fraction of sp³-hybridized carbons (Fsp3) is 0.923. The van der Waals surface area contributed by atoms with Gasteiger partial charge in [-0.15, -0.1) is 0 Å². The van der Waals surface area contributed by atoms with E-state index in [4.69, 9.17) is 4.74 Å². The molecule has 0 saturated heterocycles. The SMILES string of the molecule is CC(C)CO[C@@H](C)C(=O)NC1CCCCC1. The van der Waals surface area contributed by atoms with Crippen LogP contribution in [0.4, 0.5) is 0 Å². The third kappa shape index (κ3) is 4.97. The Balaban J connectivity index is 2.22. The third-order valence-electron chi connectivity index (χ3n) is 3.00. The van der Waals surface area contributed by atoms with E-state index < -0.39 is 0 Å². The second-order valence-electron chi connectivity index (χ2n) is 5.21. The van der Waals surface area contributed by atoms with E-state index in [1.165, 1.54) is 19.3 Å².